The average molecular weight is 204 g/mol. The first-order valence-electron chi connectivity index (χ1n) is 5.86. The van der Waals surface area contributed by atoms with Crippen LogP contribution in [0.5, 0.6) is 0 Å². The van der Waals surface area contributed by atoms with Gasteiger partial charge in [-0.3, -0.25) is 0 Å². The van der Waals surface area contributed by atoms with E-state index in [1.54, 1.807) is 0 Å². The molecule has 82 valence electrons. The van der Waals surface area contributed by atoms with Crippen LogP contribution in [-0.4, -0.2) is 11.7 Å². The molecule has 1 N–H and O–H groups in total. The zero-order valence-electron chi connectivity index (χ0n) is 9.71. The first-order chi connectivity index (χ1) is 7.13. The predicted molar refractivity (Wildman–Crippen MR) is 63.2 cm³/mol. The van der Waals surface area contributed by atoms with Gasteiger partial charge in [0.05, 0.1) is 0 Å². The molecule has 0 spiro atoms. The largest absolute Gasteiger partial charge is 0.396 e. The lowest BCUT2D eigenvalue weighted by atomic mass is 9.72. The Hall–Kier alpha value is -0.820. The van der Waals surface area contributed by atoms with E-state index in [0.29, 0.717) is 5.41 Å². The molecule has 0 amide bonds. The molecule has 0 aliphatic heterocycles. The molecule has 1 aromatic rings. The summed E-state index contributed by atoms with van der Waals surface area (Å²) in [4.78, 5) is 0. The molecule has 1 aliphatic rings. The van der Waals surface area contributed by atoms with Crippen LogP contribution in [0.4, 0.5) is 0 Å². The van der Waals surface area contributed by atoms with Gasteiger partial charge in [-0.2, -0.15) is 0 Å². The van der Waals surface area contributed by atoms with Crippen LogP contribution in [0, 0.1) is 0 Å². The van der Waals surface area contributed by atoms with Gasteiger partial charge in [-0.25, -0.2) is 0 Å². The Morgan fingerprint density at radius 1 is 1.33 bits per heavy atom. The molecule has 0 unspecified atom stereocenters. The van der Waals surface area contributed by atoms with Crippen molar-refractivity contribution in [3.63, 3.8) is 0 Å². The van der Waals surface area contributed by atoms with Crippen molar-refractivity contribution in [2.24, 2.45) is 0 Å². The maximum Gasteiger partial charge on any atom is 0.0471 e. The number of hydrogen-bond acceptors (Lipinski definition) is 1. The maximum atomic E-state index is 8.95. The lowest BCUT2D eigenvalue weighted by Gasteiger charge is -2.33. The summed E-state index contributed by atoms with van der Waals surface area (Å²) in [7, 11) is 0. The summed E-state index contributed by atoms with van der Waals surface area (Å²) in [5.74, 6) is 0. The topological polar surface area (TPSA) is 20.2 Å². The third kappa shape index (κ3) is 2.07. The Kier molecular flexibility index (Phi) is 2.83. The second-order valence-electron chi connectivity index (χ2n) is 5.20. The fourth-order valence-corrected chi connectivity index (χ4v) is 2.61. The van der Waals surface area contributed by atoms with Crippen LogP contribution in [0.1, 0.15) is 43.4 Å². The zero-order chi connectivity index (χ0) is 10.9. The van der Waals surface area contributed by atoms with Gasteiger partial charge in [0, 0.05) is 6.61 Å². The van der Waals surface area contributed by atoms with Gasteiger partial charge in [-0.15, -0.1) is 0 Å². The standard InChI is InChI=1S/C14H20O/c1-14(2)8-3-4-12-6-5-11(7-9-15)10-13(12)14/h5-6,10,15H,3-4,7-9H2,1-2H3. The summed E-state index contributed by atoms with van der Waals surface area (Å²) < 4.78 is 0. The van der Waals surface area contributed by atoms with Crippen molar-refractivity contribution >= 4 is 0 Å². The van der Waals surface area contributed by atoms with Gasteiger partial charge in [0.15, 0.2) is 0 Å². The number of hydrogen-bond donors (Lipinski definition) is 1. The minimum absolute atomic E-state index is 0.249. The van der Waals surface area contributed by atoms with E-state index in [9.17, 15) is 0 Å². The molecule has 1 aromatic carbocycles. The van der Waals surface area contributed by atoms with Gasteiger partial charge in [0.1, 0.15) is 0 Å². The monoisotopic (exact) mass is 204 g/mol. The second-order valence-corrected chi connectivity index (χ2v) is 5.20. The van der Waals surface area contributed by atoms with Gasteiger partial charge in [-0.05, 0) is 47.8 Å². The van der Waals surface area contributed by atoms with Crippen molar-refractivity contribution < 1.29 is 5.11 Å². The van der Waals surface area contributed by atoms with Crippen LogP contribution in [0.2, 0.25) is 0 Å². The molecule has 0 radical (unpaired) electrons. The Morgan fingerprint density at radius 3 is 2.87 bits per heavy atom. The number of benzene rings is 1. The highest BCUT2D eigenvalue weighted by molar-refractivity contribution is 5.39. The molecule has 0 atom stereocenters. The van der Waals surface area contributed by atoms with Gasteiger partial charge in [0.25, 0.3) is 0 Å². The number of aliphatic hydroxyl groups excluding tert-OH is 1. The minimum Gasteiger partial charge on any atom is -0.396 e. The highest BCUT2D eigenvalue weighted by atomic mass is 16.2. The molecule has 0 saturated heterocycles. The number of aryl methyl sites for hydroxylation is 1. The average Bonchev–Trinajstić information content (AvgIpc) is 2.19. The van der Waals surface area contributed by atoms with Crippen LogP contribution in [0.25, 0.3) is 0 Å². The van der Waals surface area contributed by atoms with Crippen molar-refractivity contribution in [1.29, 1.82) is 0 Å². The van der Waals surface area contributed by atoms with E-state index in [2.05, 4.69) is 32.0 Å². The molecule has 0 aromatic heterocycles. The van der Waals surface area contributed by atoms with Gasteiger partial charge >= 0.3 is 0 Å². The van der Waals surface area contributed by atoms with E-state index in [1.165, 1.54) is 36.0 Å². The van der Waals surface area contributed by atoms with E-state index in [-0.39, 0.29) is 6.61 Å². The number of aliphatic hydroxyl groups is 1. The Balaban J connectivity index is 2.39. The molecular formula is C14H20O. The Bertz CT molecular complexity index is 352. The van der Waals surface area contributed by atoms with Crippen LogP contribution in [0.15, 0.2) is 18.2 Å². The zero-order valence-corrected chi connectivity index (χ0v) is 9.71. The van der Waals surface area contributed by atoms with Gasteiger partial charge < -0.3 is 5.11 Å². The summed E-state index contributed by atoms with van der Waals surface area (Å²) in [5, 5.41) is 8.95. The molecule has 1 nitrogen and oxygen atoms in total. The number of rotatable bonds is 2. The SMILES string of the molecule is CC1(C)CCCc2ccc(CCO)cc21. The van der Waals surface area contributed by atoms with Crippen molar-refractivity contribution in [1.82, 2.24) is 0 Å². The van der Waals surface area contributed by atoms with Crippen molar-refractivity contribution in [3.05, 3.63) is 34.9 Å². The maximum absolute atomic E-state index is 8.95. The lowest BCUT2D eigenvalue weighted by Crippen LogP contribution is -2.24. The molecule has 0 heterocycles. The second kappa shape index (κ2) is 3.97. The van der Waals surface area contributed by atoms with Gasteiger partial charge in [0.2, 0.25) is 0 Å². The highest BCUT2D eigenvalue weighted by Gasteiger charge is 2.27. The van der Waals surface area contributed by atoms with E-state index >= 15 is 0 Å². The smallest absolute Gasteiger partial charge is 0.0471 e. The van der Waals surface area contributed by atoms with Crippen LogP contribution in [0.3, 0.4) is 0 Å². The Labute approximate surface area is 92.1 Å². The molecule has 2 rings (SSSR count). The van der Waals surface area contributed by atoms with Crippen LogP contribution >= 0.6 is 0 Å². The summed E-state index contributed by atoms with van der Waals surface area (Å²) >= 11 is 0. The first-order valence-corrected chi connectivity index (χ1v) is 5.86. The molecule has 15 heavy (non-hydrogen) atoms. The predicted octanol–water partition coefficient (Wildman–Crippen LogP) is 2.84. The first kappa shape index (κ1) is 10.7. The van der Waals surface area contributed by atoms with Crippen molar-refractivity contribution in [2.75, 3.05) is 6.61 Å². The summed E-state index contributed by atoms with van der Waals surface area (Å²) in [6, 6.07) is 6.71. The lowest BCUT2D eigenvalue weighted by molar-refractivity contribution is 0.299. The fourth-order valence-electron chi connectivity index (χ4n) is 2.61. The summed E-state index contributed by atoms with van der Waals surface area (Å²) in [6.45, 7) is 4.90. The fraction of sp³-hybridized carbons (Fsp3) is 0.571. The minimum atomic E-state index is 0.249. The molecular weight excluding hydrogens is 184 g/mol. The molecule has 0 fully saturated rings. The van der Waals surface area contributed by atoms with E-state index in [0.717, 1.165) is 6.42 Å². The van der Waals surface area contributed by atoms with Crippen LogP contribution < -0.4 is 0 Å². The number of fused-ring (bicyclic) bond motifs is 1. The van der Waals surface area contributed by atoms with E-state index < -0.39 is 0 Å². The van der Waals surface area contributed by atoms with Crippen LogP contribution in [-0.2, 0) is 18.3 Å². The Morgan fingerprint density at radius 2 is 2.13 bits per heavy atom. The van der Waals surface area contributed by atoms with Crippen molar-refractivity contribution in [3.8, 4) is 0 Å². The van der Waals surface area contributed by atoms with E-state index in [4.69, 9.17) is 5.11 Å². The normalized spacial score (nSPS) is 18.6. The summed E-state index contributed by atoms with van der Waals surface area (Å²) in [6.07, 6.45) is 4.59. The summed E-state index contributed by atoms with van der Waals surface area (Å²) in [5.41, 5.74) is 4.60. The van der Waals surface area contributed by atoms with Crippen molar-refractivity contribution in [2.45, 2.75) is 44.9 Å². The molecule has 0 saturated carbocycles. The third-order valence-electron chi connectivity index (χ3n) is 3.55. The quantitative estimate of drug-likeness (QED) is 0.785. The third-order valence-corrected chi connectivity index (χ3v) is 3.55. The molecule has 0 bridgehead atoms. The highest BCUT2D eigenvalue weighted by Crippen LogP contribution is 2.37. The van der Waals surface area contributed by atoms with E-state index in [1.807, 2.05) is 0 Å². The molecule has 1 aliphatic carbocycles. The van der Waals surface area contributed by atoms with Gasteiger partial charge in [-0.1, -0.05) is 32.0 Å². The molecule has 1 heteroatoms.